The summed E-state index contributed by atoms with van der Waals surface area (Å²) in [7, 11) is -3.41. The van der Waals surface area contributed by atoms with E-state index in [-0.39, 0.29) is 10.8 Å². The lowest BCUT2D eigenvalue weighted by molar-refractivity contribution is 0.102. The van der Waals surface area contributed by atoms with Crippen LogP contribution in [-0.2, 0) is 14.6 Å². The molecule has 35 heavy (non-hydrogen) atoms. The first-order valence-electron chi connectivity index (χ1n) is 11.3. The van der Waals surface area contributed by atoms with E-state index in [9.17, 15) is 13.2 Å². The van der Waals surface area contributed by atoms with E-state index in [0.717, 1.165) is 28.7 Å². The molecule has 1 N–H and O–H groups in total. The number of aryl methyl sites for hydroxylation is 1. The van der Waals surface area contributed by atoms with E-state index in [1.54, 1.807) is 12.1 Å². The molecule has 2 aromatic carbocycles. The van der Waals surface area contributed by atoms with Crippen LogP contribution >= 0.6 is 0 Å². The van der Waals surface area contributed by atoms with Crippen LogP contribution in [0.5, 0.6) is 0 Å². The summed E-state index contributed by atoms with van der Waals surface area (Å²) >= 11 is 0. The molecule has 1 saturated heterocycles. The Kier molecular flexibility index (Phi) is 6.04. The summed E-state index contributed by atoms with van der Waals surface area (Å²) in [6, 6.07) is 16.1. The first-order chi connectivity index (χ1) is 16.8. The molecule has 0 saturated carbocycles. The van der Waals surface area contributed by atoms with Gasteiger partial charge in [-0.15, -0.1) is 0 Å². The molecule has 8 nitrogen and oxygen atoms in total. The fraction of sp³-hybridized carbons (Fsp3) is 0.231. The summed E-state index contributed by atoms with van der Waals surface area (Å²) in [5.41, 5.74) is 5.44. The summed E-state index contributed by atoms with van der Waals surface area (Å²) in [4.78, 5) is 20.1. The SMILES string of the molecule is Cc1cccn2cc(-c3ccc(NC(=O)c4ccc(S(C)(=O)=O)cc4N4CCOCC4)cc3)nc12. The van der Waals surface area contributed by atoms with Gasteiger partial charge in [0.15, 0.2) is 9.84 Å². The van der Waals surface area contributed by atoms with Gasteiger partial charge in [-0.1, -0.05) is 18.2 Å². The number of aromatic nitrogens is 2. The molecule has 0 radical (unpaired) electrons. The average molecular weight is 491 g/mol. The number of nitrogens with one attached hydrogen (secondary N) is 1. The minimum Gasteiger partial charge on any atom is -0.378 e. The number of sulfone groups is 1. The van der Waals surface area contributed by atoms with Crippen LogP contribution in [0.2, 0.25) is 0 Å². The number of fused-ring (bicyclic) bond motifs is 1. The monoisotopic (exact) mass is 490 g/mol. The summed E-state index contributed by atoms with van der Waals surface area (Å²) in [5, 5.41) is 2.94. The van der Waals surface area contributed by atoms with Crippen molar-refractivity contribution in [3.63, 3.8) is 0 Å². The summed E-state index contributed by atoms with van der Waals surface area (Å²) in [5.74, 6) is -0.303. The van der Waals surface area contributed by atoms with Crippen molar-refractivity contribution in [2.45, 2.75) is 11.8 Å². The first kappa shape index (κ1) is 23.1. The maximum Gasteiger partial charge on any atom is 0.257 e. The zero-order chi connectivity index (χ0) is 24.6. The smallest absolute Gasteiger partial charge is 0.257 e. The van der Waals surface area contributed by atoms with Crippen molar-refractivity contribution in [3.8, 4) is 11.3 Å². The average Bonchev–Trinajstić information content (AvgIpc) is 3.30. The Hall–Kier alpha value is -3.69. The van der Waals surface area contributed by atoms with Gasteiger partial charge in [0, 0.05) is 43.0 Å². The third-order valence-corrected chi connectivity index (χ3v) is 7.22. The zero-order valence-electron chi connectivity index (χ0n) is 19.6. The van der Waals surface area contributed by atoms with Crippen LogP contribution < -0.4 is 10.2 Å². The van der Waals surface area contributed by atoms with Gasteiger partial charge in [-0.3, -0.25) is 4.79 Å². The van der Waals surface area contributed by atoms with Crippen molar-refractivity contribution >= 4 is 32.8 Å². The Morgan fingerprint density at radius 1 is 1.06 bits per heavy atom. The molecule has 2 aromatic heterocycles. The van der Waals surface area contributed by atoms with Gasteiger partial charge in [-0.2, -0.15) is 0 Å². The van der Waals surface area contributed by atoms with Gasteiger partial charge in [0.2, 0.25) is 0 Å². The highest BCUT2D eigenvalue weighted by atomic mass is 32.2. The maximum atomic E-state index is 13.2. The lowest BCUT2D eigenvalue weighted by Crippen LogP contribution is -2.37. The number of hydrogen-bond acceptors (Lipinski definition) is 6. The standard InChI is InChI=1S/C26H26N4O4S/c1-18-4-3-11-30-17-23(28-25(18)30)19-5-7-20(8-6-19)27-26(31)22-10-9-21(35(2,32)33)16-24(22)29-12-14-34-15-13-29/h3-11,16-17H,12-15H2,1-2H3,(H,27,31). The fourth-order valence-electron chi connectivity index (χ4n) is 4.22. The maximum absolute atomic E-state index is 13.2. The predicted molar refractivity (Wildman–Crippen MR) is 136 cm³/mol. The Bertz CT molecular complexity index is 1500. The van der Waals surface area contributed by atoms with Crippen LogP contribution in [0.4, 0.5) is 11.4 Å². The summed E-state index contributed by atoms with van der Waals surface area (Å²) in [6.45, 7) is 4.24. The number of carbonyl (C=O) groups is 1. The fourth-order valence-corrected chi connectivity index (χ4v) is 4.86. The topological polar surface area (TPSA) is 93.0 Å². The van der Waals surface area contributed by atoms with Gasteiger partial charge in [-0.05, 0) is 48.9 Å². The van der Waals surface area contributed by atoms with Crippen molar-refractivity contribution in [3.05, 3.63) is 78.1 Å². The Balaban J connectivity index is 1.40. The van der Waals surface area contributed by atoms with Crippen molar-refractivity contribution in [2.24, 2.45) is 0 Å². The quantitative estimate of drug-likeness (QED) is 0.457. The minimum atomic E-state index is -3.41. The van der Waals surface area contributed by atoms with Crippen molar-refractivity contribution < 1.29 is 17.9 Å². The molecule has 3 heterocycles. The molecule has 1 aliphatic rings. The molecule has 0 bridgehead atoms. The molecule has 180 valence electrons. The van der Waals surface area contributed by atoms with Crippen LogP contribution in [0.3, 0.4) is 0 Å². The van der Waals surface area contributed by atoms with Crippen LogP contribution in [0.25, 0.3) is 16.9 Å². The molecule has 1 amide bonds. The van der Waals surface area contributed by atoms with Crippen molar-refractivity contribution in [1.82, 2.24) is 9.38 Å². The highest BCUT2D eigenvalue weighted by molar-refractivity contribution is 7.90. The molecule has 0 spiro atoms. The molecule has 4 aromatic rings. The van der Waals surface area contributed by atoms with E-state index in [4.69, 9.17) is 9.72 Å². The molecule has 0 atom stereocenters. The van der Waals surface area contributed by atoms with Crippen LogP contribution in [0, 0.1) is 6.92 Å². The number of nitrogens with zero attached hydrogens (tertiary/aromatic N) is 3. The minimum absolute atomic E-state index is 0.183. The largest absolute Gasteiger partial charge is 0.378 e. The molecular formula is C26H26N4O4S. The van der Waals surface area contributed by atoms with Crippen molar-refractivity contribution in [1.29, 1.82) is 0 Å². The molecule has 9 heteroatoms. The van der Waals surface area contributed by atoms with Crippen molar-refractivity contribution in [2.75, 3.05) is 42.8 Å². The summed E-state index contributed by atoms with van der Waals surface area (Å²) < 4.78 is 31.6. The number of hydrogen-bond donors (Lipinski definition) is 1. The second-order valence-electron chi connectivity index (χ2n) is 8.63. The second kappa shape index (κ2) is 9.16. The number of morpholine rings is 1. The molecule has 0 aliphatic carbocycles. The first-order valence-corrected chi connectivity index (χ1v) is 13.2. The lowest BCUT2D eigenvalue weighted by atomic mass is 10.1. The van der Waals surface area contributed by atoms with Gasteiger partial charge >= 0.3 is 0 Å². The van der Waals surface area contributed by atoms with E-state index in [2.05, 4.69) is 5.32 Å². The second-order valence-corrected chi connectivity index (χ2v) is 10.6. The lowest BCUT2D eigenvalue weighted by Gasteiger charge is -2.30. The summed E-state index contributed by atoms with van der Waals surface area (Å²) in [6.07, 6.45) is 5.11. The number of benzene rings is 2. The van der Waals surface area contributed by atoms with E-state index >= 15 is 0 Å². The number of imidazole rings is 1. The number of rotatable bonds is 5. The number of carbonyl (C=O) groups excluding carboxylic acids is 1. The predicted octanol–water partition coefficient (Wildman–Crippen LogP) is 3.80. The van der Waals surface area contributed by atoms with Gasteiger partial charge in [0.25, 0.3) is 5.91 Å². The van der Waals surface area contributed by atoms with Crippen LogP contribution in [0.15, 0.2) is 71.9 Å². The van der Waals surface area contributed by atoms with E-state index in [1.165, 1.54) is 6.07 Å². The normalized spacial score (nSPS) is 14.3. The highest BCUT2D eigenvalue weighted by Crippen LogP contribution is 2.28. The van der Waals surface area contributed by atoms with Crippen LogP contribution in [0.1, 0.15) is 15.9 Å². The van der Waals surface area contributed by atoms with Crippen LogP contribution in [-0.4, -0.2) is 56.3 Å². The number of ether oxygens (including phenoxy) is 1. The molecular weight excluding hydrogens is 464 g/mol. The van der Waals surface area contributed by atoms with Gasteiger partial charge in [0.05, 0.1) is 35.1 Å². The van der Waals surface area contributed by atoms with E-state index < -0.39 is 9.84 Å². The molecule has 1 fully saturated rings. The Morgan fingerprint density at radius 3 is 2.49 bits per heavy atom. The van der Waals surface area contributed by atoms with Gasteiger partial charge in [-0.25, -0.2) is 13.4 Å². The van der Waals surface area contributed by atoms with E-state index in [0.29, 0.717) is 43.2 Å². The third kappa shape index (κ3) is 4.78. The van der Waals surface area contributed by atoms with Gasteiger partial charge in [0.1, 0.15) is 5.65 Å². The third-order valence-electron chi connectivity index (χ3n) is 6.11. The Morgan fingerprint density at radius 2 is 1.80 bits per heavy atom. The zero-order valence-corrected chi connectivity index (χ0v) is 20.4. The number of anilines is 2. The molecule has 0 unspecified atom stereocenters. The van der Waals surface area contributed by atoms with Gasteiger partial charge < -0.3 is 19.4 Å². The highest BCUT2D eigenvalue weighted by Gasteiger charge is 2.22. The Labute approximate surface area is 204 Å². The van der Waals surface area contributed by atoms with E-state index in [1.807, 2.05) is 65.0 Å². The number of pyridine rings is 1. The number of amides is 1. The molecule has 5 rings (SSSR count). The molecule has 1 aliphatic heterocycles.